The van der Waals surface area contributed by atoms with Crippen molar-refractivity contribution in [1.82, 2.24) is 4.98 Å². The average molecular weight is 175 g/mol. The lowest BCUT2D eigenvalue weighted by Gasteiger charge is -1.79. The van der Waals surface area contributed by atoms with Gasteiger partial charge < -0.3 is 0 Å². The molecular weight excluding hydrogens is 172 g/mol. The lowest BCUT2D eigenvalue weighted by molar-refractivity contribution is 1.07. The molecular formula is C4H3ClN4S. The van der Waals surface area contributed by atoms with Crippen LogP contribution in [-0.2, 0) is 6.54 Å². The first kappa shape index (κ1) is 7.34. The molecule has 0 aromatic carbocycles. The van der Waals surface area contributed by atoms with E-state index in [0.29, 0.717) is 11.0 Å². The monoisotopic (exact) mass is 174 g/mol. The maximum atomic E-state index is 7.94. The maximum Gasteiger partial charge on any atom is 0.183 e. The lowest BCUT2D eigenvalue weighted by atomic mass is 10.6. The van der Waals surface area contributed by atoms with Gasteiger partial charge in [-0.15, -0.1) is 11.3 Å². The van der Waals surface area contributed by atoms with E-state index in [1.807, 2.05) is 0 Å². The zero-order valence-corrected chi connectivity index (χ0v) is 6.43. The van der Waals surface area contributed by atoms with Crippen molar-refractivity contribution >= 4 is 22.9 Å². The Morgan fingerprint density at radius 1 is 1.90 bits per heavy atom. The minimum Gasteiger partial charge on any atom is -0.233 e. The van der Waals surface area contributed by atoms with Gasteiger partial charge in [-0.3, -0.25) is 0 Å². The summed E-state index contributed by atoms with van der Waals surface area (Å²) in [6.45, 7) is 0.334. The highest BCUT2D eigenvalue weighted by Crippen LogP contribution is 2.17. The third-order valence-corrected chi connectivity index (χ3v) is 1.91. The maximum absolute atomic E-state index is 7.94. The highest BCUT2D eigenvalue weighted by molar-refractivity contribution is 7.15. The van der Waals surface area contributed by atoms with E-state index in [9.17, 15) is 0 Å². The zero-order valence-electron chi connectivity index (χ0n) is 4.86. The van der Waals surface area contributed by atoms with E-state index in [-0.39, 0.29) is 0 Å². The highest BCUT2D eigenvalue weighted by Gasteiger charge is 1.95. The fraction of sp³-hybridized carbons (Fsp3) is 0.250. The minimum atomic E-state index is 0.334. The van der Waals surface area contributed by atoms with Crippen molar-refractivity contribution in [2.24, 2.45) is 5.11 Å². The van der Waals surface area contributed by atoms with Crippen LogP contribution in [0.25, 0.3) is 10.4 Å². The Hall–Kier alpha value is -0.770. The first-order valence-electron chi connectivity index (χ1n) is 2.44. The van der Waals surface area contributed by atoms with Crippen molar-refractivity contribution < 1.29 is 0 Å². The summed E-state index contributed by atoms with van der Waals surface area (Å²) in [5.41, 5.74) is 7.94. The Morgan fingerprint density at radius 3 is 3.20 bits per heavy atom. The number of hydrogen-bond acceptors (Lipinski definition) is 3. The van der Waals surface area contributed by atoms with Crippen molar-refractivity contribution in [3.63, 3.8) is 0 Å². The third-order valence-electron chi connectivity index (χ3n) is 0.815. The second-order valence-corrected chi connectivity index (χ2v) is 3.17. The molecule has 0 amide bonds. The summed E-state index contributed by atoms with van der Waals surface area (Å²) in [4.78, 5) is 7.25. The summed E-state index contributed by atoms with van der Waals surface area (Å²) >= 11 is 6.83. The molecule has 0 fully saturated rings. The fourth-order valence-electron chi connectivity index (χ4n) is 0.458. The van der Waals surface area contributed by atoms with Crippen LogP contribution in [0.3, 0.4) is 0 Å². The summed E-state index contributed by atoms with van der Waals surface area (Å²) < 4.78 is 0.475. The molecule has 10 heavy (non-hydrogen) atoms. The van der Waals surface area contributed by atoms with Crippen molar-refractivity contribution in [2.45, 2.75) is 6.54 Å². The summed E-state index contributed by atoms with van der Waals surface area (Å²) in [5, 5.41) is 3.35. The number of hydrogen-bond donors (Lipinski definition) is 0. The first-order chi connectivity index (χ1) is 4.83. The SMILES string of the molecule is [N-]=[N+]=NCc1cnc(Cl)s1. The number of halogens is 1. The molecule has 1 rings (SSSR count). The Labute approximate surface area is 66.1 Å². The van der Waals surface area contributed by atoms with Crippen molar-refractivity contribution in [3.05, 3.63) is 26.0 Å². The molecule has 0 bridgehead atoms. The smallest absolute Gasteiger partial charge is 0.183 e. The molecule has 4 nitrogen and oxygen atoms in total. The van der Waals surface area contributed by atoms with Gasteiger partial charge in [0.15, 0.2) is 4.47 Å². The molecule has 0 aliphatic heterocycles. The molecule has 1 aromatic heterocycles. The van der Waals surface area contributed by atoms with Crippen LogP contribution in [0.2, 0.25) is 4.47 Å². The molecule has 0 aliphatic rings. The summed E-state index contributed by atoms with van der Waals surface area (Å²) in [5.74, 6) is 0. The number of rotatable bonds is 2. The van der Waals surface area contributed by atoms with Crippen LogP contribution in [0.15, 0.2) is 11.3 Å². The molecule has 0 saturated carbocycles. The summed E-state index contributed by atoms with van der Waals surface area (Å²) in [7, 11) is 0. The number of azide groups is 1. The predicted molar refractivity (Wildman–Crippen MR) is 40.0 cm³/mol. The molecule has 0 saturated heterocycles. The quantitative estimate of drug-likeness (QED) is 0.386. The Kier molecular flexibility index (Phi) is 2.50. The molecule has 0 radical (unpaired) electrons. The van der Waals surface area contributed by atoms with Crippen LogP contribution in [-0.4, -0.2) is 4.98 Å². The molecule has 0 spiro atoms. The van der Waals surface area contributed by atoms with E-state index in [0.717, 1.165) is 4.88 Å². The molecule has 0 N–H and O–H groups in total. The standard InChI is InChI=1S/C4H3ClN4S/c5-4-7-1-3(10-4)2-8-9-6/h1H,2H2. The van der Waals surface area contributed by atoms with Crippen LogP contribution in [0, 0.1) is 0 Å². The van der Waals surface area contributed by atoms with Gasteiger partial charge in [-0.1, -0.05) is 16.7 Å². The lowest BCUT2D eigenvalue weighted by Crippen LogP contribution is -1.67. The second-order valence-electron chi connectivity index (χ2n) is 1.47. The van der Waals surface area contributed by atoms with Crippen LogP contribution >= 0.6 is 22.9 Å². The van der Waals surface area contributed by atoms with E-state index in [2.05, 4.69) is 15.0 Å². The molecule has 52 valence electrons. The molecule has 1 heterocycles. The van der Waals surface area contributed by atoms with E-state index >= 15 is 0 Å². The van der Waals surface area contributed by atoms with E-state index in [1.54, 1.807) is 6.20 Å². The molecule has 1 aromatic rings. The number of thiazole rings is 1. The Morgan fingerprint density at radius 2 is 2.70 bits per heavy atom. The van der Waals surface area contributed by atoms with Gasteiger partial charge >= 0.3 is 0 Å². The second kappa shape index (κ2) is 3.41. The minimum absolute atomic E-state index is 0.334. The number of nitrogens with zero attached hydrogens (tertiary/aromatic N) is 4. The van der Waals surface area contributed by atoms with Gasteiger partial charge in [0.1, 0.15) is 0 Å². The van der Waals surface area contributed by atoms with Crippen LogP contribution in [0.4, 0.5) is 0 Å². The van der Waals surface area contributed by atoms with Gasteiger partial charge in [0.05, 0.1) is 6.54 Å². The van der Waals surface area contributed by atoms with Gasteiger partial charge in [-0.2, -0.15) is 0 Å². The third kappa shape index (κ3) is 1.88. The Bertz CT molecular complexity index is 264. The van der Waals surface area contributed by atoms with Gasteiger partial charge in [0.25, 0.3) is 0 Å². The normalized spacial score (nSPS) is 8.90. The molecule has 0 unspecified atom stereocenters. The molecule has 0 aliphatic carbocycles. The fourth-order valence-corrected chi connectivity index (χ4v) is 1.35. The molecule has 0 atom stereocenters. The van der Waals surface area contributed by atoms with Crippen LogP contribution < -0.4 is 0 Å². The number of aromatic nitrogens is 1. The van der Waals surface area contributed by atoms with Gasteiger partial charge in [-0.25, -0.2) is 4.98 Å². The first-order valence-corrected chi connectivity index (χ1v) is 3.63. The van der Waals surface area contributed by atoms with Crippen LogP contribution in [0.5, 0.6) is 0 Å². The van der Waals surface area contributed by atoms with Crippen molar-refractivity contribution in [1.29, 1.82) is 0 Å². The zero-order chi connectivity index (χ0) is 7.40. The highest BCUT2D eigenvalue weighted by atomic mass is 35.5. The predicted octanol–water partition coefficient (Wildman–Crippen LogP) is 2.61. The van der Waals surface area contributed by atoms with Crippen molar-refractivity contribution in [3.8, 4) is 0 Å². The van der Waals surface area contributed by atoms with Gasteiger partial charge in [-0.05, 0) is 5.53 Å². The molecule has 6 heteroatoms. The van der Waals surface area contributed by atoms with E-state index < -0.39 is 0 Å². The summed E-state index contributed by atoms with van der Waals surface area (Å²) in [6.07, 6.45) is 1.60. The largest absolute Gasteiger partial charge is 0.233 e. The average Bonchev–Trinajstić information content (AvgIpc) is 2.31. The van der Waals surface area contributed by atoms with Crippen molar-refractivity contribution in [2.75, 3.05) is 0 Å². The van der Waals surface area contributed by atoms with E-state index in [1.165, 1.54) is 11.3 Å². The van der Waals surface area contributed by atoms with Crippen LogP contribution in [0.1, 0.15) is 4.88 Å². The van der Waals surface area contributed by atoms with Gasteiger partial charge in [0.2, 0.25) is 0 Å². The van der Waals surface area contributed by atoms with Gasteiger partial charge in [0, 0.05) is 16.0 Å². The Balaban J connectivity index is 2.66. The van der Waals surface area contributed by atoms with E-state index in [4.69, 9.17) is 17.1 Å². The summed E-state index contributed by atoms with van der Waals surface area (Å²) in [6, 6.07) is 0. The topological polar surface area (TPSA) is 61.7 Å².